The molecule has 4 aliphatic rings. The molecular weight excluding hydrogens is 927 g/mol. The first-order valence-corrected chi connectivity index (χ1v) is 26.2. The van der Waals surface area contributed by atoms with Crippen LogP contribution in [-0.2, 0) is 52.4 Å². The number of cyclic esters (lactones) is 1. The summed E-state index contributed by atoms with van der Waals surface area (Å²) in [5.41, 5.74) is 1.25. The first-order valence-electron chi connectivity index (χ1n) is 26.2. The molecule has 72 heavy (non-hydrogen) atoms. The zero-order valence-corrected chi connectivity index (χ0v) is 44.6. The predicted molar refractivity (Wildman–Crippen MR) is 271 cm³/mol. The molecule has 0 unspecified atom stereocenters. The third kappa shape index (κ3) is 16.9. The zero-order valence-electron chi connectivity index (χ0n) is 44.6. The Bertz CT molecular complexity index is 1940. The standard InChI is InChI=1S/C56H87NO15/c1-34-17-12-11-13-18-35(2)47(67-8)31-43-23-21-40(7)56(66,72-43)53(63)54(64)57-25-15-14-20-44(57)55(65)71-48(32-45(60)36(3)28-39(6)51(62)52(69-10)50(61)38(5)27-34)37(4)29-41-22-24-46(49(30-41)68-9)70-26-16-19-42(59)33-58/h11-13,16-19,28,34,36-38,40-44,46-49,51-52,58-59,62,66H,14-15,20-27,29-33H2,1-10H3/b13-11+,17-12+,19-16+,35-18+,39-28+/t34-,36-,37-,38-,40-,41-,42+,43+,44+,46-,47+,48+,49-,51-,52+,56-/m1/s1. The Morgan fingerprint density at radius 2 is 1.61 bits per heavy atom. The molecule has 1 saturated carbocycles. The number of carbonyl (C=O) groups excluding carboxylic acids is 5. The lowest BCUT2D eigenvalue weighted by Gasteiger charge is -2.42. The third-order valence-electron chi connectivity index (χ3n) is 15.4. The molecular formula is C56H87NO15. The SMILES string of the molecule is CO[C@H]1C[C@@H]2CC[C@@H](C)[C@@](O)(O2)C(=O)C(=O)N2CCCC[C@H]2C(=O)O[C@H]([C@H](C)C[C@H]2CC[C@@H](OC/C=C/[C@H](O)CO)[C@H](OC)C2)CC(=O)[C@H](C)/C=C(\C)[C@@H](O)[C@@H](OC)C(=O)[C@H](C)C[C@H](C)/C=C/C=C/C=C/1C. The van der Waals surface area contributed by atoms with E-state index in [1.165, 1.54) is 18.1 Å². The van der Waals surface area contributed by atoms with E-state index in [1.54, 1.807) is 47.1 Å². The van der Waals surface area contributed by atoms with Gasteiger partial charge in [0, 0.05) is 58.5 Å². The number of rotatable bonds is 11. The van der Waals surface area contributed by atoms with Gasteiger partial charge >= 0.3 is 5.97 Å². The van der Waals surface area contributed by atoms with Crippen LogP contribution in [0.3, 0.4) is 0 Å². The first kappa shape index (κ1) is 60.8. The monoisotopic (exact) mass is 1010 g/mol. The number of ether oxygens (including phenoxy) is 6. The maximum Gasteiger partial charge on any atom is 0.329 e. The van der Waals surface area contributed by atoms with Gasteiger partial charge in [-0.2, -0.15) is 0 Å². The van der Waals surface area contributed by atoms with E-state index >= 15 is 0 Å². The number of amides is 1. The van der Waals surface area contributed by atoms with Crippen molar-refractivity contribution in [3.63, 3.8) is 0 Å². The molecule has 16 heteroatoms. The molecule has 16 atom stereocenters. The van der Waals surface area contributed by atoms with Crippen molar-refractivity contribution in [3.8, 4) is 0 Å². The fourth-order valence-corrected chi connectivity index (χ4v) is 10.7. The van der Waals surface area contributed by atoms with Crippen LogP contribution in [0.4, 0.5) is 0 Å². The van der Waals surface area contributed by atoms with Crippen molar-refractivity contribution in [2.45, 2.75) is 186 Å². The minimum absolute atomic E-state index is 0.00707. The molecule has 3 fully saturated rings. The number of hydrogen-bond acceptors (Lipinski definition) is 15. The minimum Gasteiger partial charge on any atom is -0.460 e. The van der Waals surface area contributed by atoms with Crippen molar-refractivity contribution in [1.29, 1.82) is 0 Å². The van der Waals surface area contributed by atoms with E-state index in [4.69, 9.17) is 33.5 Å². The second-order valence-corrected chi connectivity index (χ2v) is 21.1. The quantitative estimate of drug-likeness (QED) is 0.104. The Morgan fingerprint density at radius 3 is 2.29 bits per heavy atom. The van der Waals surface area contributed by atoms with Gasteiger partial charge in [0.1, 0.15) is 30.1 Å². The van der Waals surface area contributed by atoms with Gasteiger partial charge in [-0.15, -0.1) is 0 Å². The van der Waals surface area contributed by atoms with E-state index in [2.05, 4.69) is 0 Å². The first-order chi connectivity index (χ1) is 34.2. The lowest BCUT2D eigenvalue weighted by atomic mass is 9.78. The molecule has 2 bridgehead atoms. The molecule has 16 nitrogen and oxygen atoms in total. The van der Waals surface area contributed by atoms with Crippen molar-refractivity contribution in [2.75, 3.05) is 41.1 Å². The lowest BCUT2D eigenvalue weighted by molar-refractivity contribution is -0.265. The summed E-state index contributed by atoms with van der Waals surface area (Å²) in [5, 5.41) is 42.3. The molecule has 3 heterocycles. The van der Waals surface area contributed by atoms with Crippen LogP contribution in [0.2, 0.25) is 0 Å². The van der Waals surface area contributed by atoms with Crippen molar-refractivity contribution >= 4 is 29.2 Å². The molecule has 4 N–H and O–H groups in total. The van der Waals surface area contributed by atoms with Crippen molar-refractivity contribution in [3.05, 3.63) is 59.8 Å². The molecule has 406 valence electrons. The molecule has 0 spiro atoms. The van der Waals surface area contributed by atoms with Crippen LogP contribution in [0.15, 0.2) is 59.8 Å². The predicted octanol–water partition coefficient (Wildman–Crippen LogP) is 6.11. The number of ketones is 3. The summed E-state index contributed by atoms with van der Waals surface area (Å²) in [6, 6.07) is -1.16. The van der Waals surface area contributed by atoms with Gasteiger partial charge in [0.05, 0.1) is 43.7 Å². The Kier molecular flexibility index (Phi) is 24.8. The topological polar surface area (TPSA) is 225 Å². The third-order valence-corrected chi connectivity index (χ3v) is 15.4. The van der Waals surface area contributed by atoms with Crippen LogP contribution in [0, 0.1) is 35.5 Å². The summed E-state index contributed by atoms with van der Waals surface area (Å²) in [6.45, 7) is 12.6. The Hall–Kier alpha value is -3.71. The zero-order chi connectivity index (χ0) is 53.3. The second kappa shape index (κ2) is 29.4. The molecule has 0 aromatic rings. The fraction of sp³-hybridized carbons (Fsp3) is 0.732. The van der Waals surface area contributed by atoms with E-state index in [0.29, 0.717) is 63.4 Å². The average molecular weight is 1010 g/mol. The van der Waals surface area contributed by atoms with Gasteiger partial charge in [-0.05, 0) is 107 Å². The number of nitrogens with zero attached hydrogens (tertiary/aromatic N) is 1. The van der Waals surface area contributed by atoms with Crippen molar-refractivity contribution in [2.24, 2.45) is 35.5 Å². The molecule has 1 amide bonds. The summed E-state index contributed by atoms with van der Waals surface area (Å²) in [5.74, 6) is -8.14. The summed E-state index contributed by atoms with van der Waals surface area (Å²) in [4.78, 5) is 72.4. The highest BCUT2D eigenvalue weighted by Crippen LogP contribution is 2.38. The summed E-state index contributed by atoms with van der Waals surface area (Å²) >= 11 is 0. The van der Waals surface area contributed by atoms with Gasteiger partial charge in [-0.25, -0.2) is 4.79 Å². The summed E-state index contributed by atoms with van der Waals surface area (Å²) in [7, 11) is 4.57. The Labute approximate surface area is 428 Å². The van der Waals surface area contributed by atoms with Crippen molar-refractivity contribution < 1.29 is 72.8 Å². The van der Waals surface area contributed by atoms with Crippen LogP contribution in [0.5, 0.6) is 0 Å². The van der Waals surface area contributed by atoms with Crippen LogP contribution in [0.25, 0.3) is 0 Å². The van der Waals surface area contributed by atoms with Gasteiger partial charge in [0.25, 0.3) is 11.7 Å². The van der Waals surface area contributed by atoms with E-state index in [1.807, 2.05) is 58.1 Å². The van der Waals surface area contributed by atoms with Gasteiger partial charge < -0.3 is 53.7 Å². The average Bonchev–Trinajstić information content (AvgIpc) is 3.36. The van der Waals surface area contributed by atoms with Crippen LogP contribution in [-0.4, -0.2) is 156 Å². The van der Waals surface area contributed by atoms with Gasteiger partial charge in [0.15, 0.2) is 5.78 Å². The van der Waals surface area contributed by atoms with Gasteiger partial charge in [-0.1, -0.05) is 83.2 Å². The highest BCUT2D eigenvalue weighted by atomic mass is 16.6. The lowest BCUT2D eigenvalue weighted by Crippen LogP contribution is -2.61. The largest absolute Gasteiger partial charge is 0.460 e. The summed E-state index contributed by atoms with van der Waals surface area (Å²) < 4.78 is 35.9. The number of methoxy groups -OCH3 is 3. The molecule has 0 radical (unpaired) electrons. The van der Waals surface area contributed by atoms with E-state index < -0.39 is 90.5 Å². The minimum atomic E-state index is -2.45. The number of allylic oxidation sites excluding steroid dienone is 6. The number of aliphatic hydroxyl groups excluding tert-OH is 3. The number of hydrogen-bond donors (Lipinski definition) is 4. The fourth-order valence-electron chi connectivity index (χ4n) is 10.7. The number of esters is 1. The Morgan fingerprint density at radius 1 is 0.875 bits per heavy atom. The number of carbonyl (C=O) groups is 5. The van der Waals surface area contributed by atoms with E-state index in [0.717, 1.165) is 12.0 Å². The van der Waals surface area contributed by atoms with Gasteiger partial charge in [0.2, 0.25) is 5.79 Å². The number of fused-ring (bicyclic) bond motifs is 3. The molecule has 1 aliphatic carbocycles. The molecule has 0 aromatic carbocycles. The highest BCUT2D eigenvalue weighted by molar-refractivity contribution is 6.39. The normalized spacial score (nSPS) is 38.2. The number of aliphatic hydroxyl groups is 4. The van der Waals surface area contributed by atoms with Crippen LogP contribution < -0.4 is 0 Å². The maximum absolute atomic E-state index is 14.5. The number of Topliss-reactive ketones (excluding diaryl/α,β-unsaturated/α-hetero) is 3. The van der Waals surface area contributed by atoms with Gasteiger partial charge in [-0.3, -0.25) is 19.2 Å². The molecule has 4 rings (SSSR count). The second-order valence-electron chi connectivity index (χ2n) is 21.1. The van der Waals surface area contributed by atoms with Crippen LogP contribution >= 0.6 is 0 Å². The molecule has 0 aromatic heterocycles. The van der Waals surface area contributed by atoms with Crippen LogP contribution in [0.1, 0.15) is 126 Å². The molecule has 3 aliphatic heterocycles. The summed E-state index contributed by atoms with van der Waals surface area (Å²) in [6.07, 6.45) is 13.8. The maximum atomic E-state index is 14.5. The van der Waals surface area contributed by atoms with Crippen molar-refractivity contribution in [1.82, 2.24) is 4.90 Å². The Balaban J connectivity index is 1.67. The number of piperidine rings is 1. The van der Waals surface area contributed by atoms with E-state index in [-0.39, 0.29) is 67.5 Å². The smallest absolute Gasteiger partial charge is 0.329 e. The highest BCUT2D eigenvalue weighted by Gasteiger charge is 2.53. The van der Waals surface area contributed by atoms with E-state index in [9.17, 15) is 39.3 Å². The molecule has 2 saturated heterocycles.